The maximum atomic E-state index is 5.92. The van der Waals surface area contributed by atoms with Crippen LogP contribution in [0.2, 0.25) is 0 Å². The third kappa shape index (κ3) is 5.93. The number of aromatic nitrogens is 5. The van der Waals surface area contributed by atoms with E-state index in [1.807, 2.05) is 57.9 Å². The predicted molar refractivity (Wildman–Crippen MR) is 142 cm³/mol. The molecule has 0 saturated carbocycles. The largest absolute Gasteiger partial charge is 0.492 e. The maximum Gasteiger partial charge on any atom is 0.247 e. The molecule has 3 aromatic heterocycles. The molecule has 1 aromatic carbocycles. The number of pyridine rings is 1. The first-order chi connectivity index (χ1) is 18.3. The Kier molecular flexibility index (Phi) is 7.29. The van der Waals surface area contributed by atoms with Crippen LogP contribution in [0, 0.1) is 0 Å². The molecule has 2 aliphatic rings. The van der Waals surface area contributed by atoms with Crippen LogP contribution in [0.15, 0.2) is 54.9 Å². The molecule has 2 saturated heterocycles. The lowest BCUT2D eigenvalue weighted by atomic mass is 10.2. The maximum absolute atomic E-state index is 5.92. The zero-order valence-corrected chi connectivity index (χ0v) is 21.1. The molecule has 37 heavy (non-hydrogen) atoms. The van der Waals surface area contributed by atoms with Gasteiger partial charge in [-0.05, 0) is 62.3 Å². The van der Waals surface area contributed by atoms with Crippen molar-refractivity contribution in [2.75, 3.05) is 64.4 Å². The summed E-state index contributed by atoms with van der Waals surface area (Å²) in [7, 11) is 0. The van der Waals surface area contributed by atoms with Gasteiger partial charge in [-0.1, -0.05) is 6.07 Å². The van der Waals surface area contributed by atoms with Gasteiger partial charge in [-0.15, -0.1) is 5.10 Å². The molecule has 0 amide bonds. The number of nitrogens with zero attached hydrogens (tertiary/aromatic N) is 7. The molecule has 194 valence electrons. The Hall–Kier alpha value is -3.47. The highest BCUT2D eigenvalue weighted by molar-refractivity contribution is 5.63. The summed E-state index contributed by atoms with van der Waals surface area (Å²) in [5.74, 6) is 1.43. The van der Waals surface area contributed by atoms with Gasteiger partial charge in [-0.2, -0.15) is 10.1 Å². The quantitative estimate of drug-likeness (QED) is 0.354. The fraction of sp³-hybridized carbons (Fsp3) is 0.444. The Bertz CT molecular complexity index is 1290. The first-order valence-corrected chi connectivity index (χ1v) is 13.2. The van der Waals surface area contributed by atoms with Crippen molar-refractivity contribution in [3.8, 4) is 17.0 Å². The van der Waals surface area contributed by atoms with Crippen molar-refractivity contribution in [3.05, 3.63) is 54.9 Å². The summed E-state index contributed by atoms with van der Waals surface area (Å²) in [6.07, 6.45) is 6.58. The molecular formula is C27H34N8O2. The average Bonchev–Trinajstić information content (AvgIpc) is 3.70. The van der Waals surface area contributed by atoms with E-state index < -0.39 is 0 Å². The summed E-state index contributed by atoms with van der Waals surface area (Å²) >= 11 is 0. The van der Waals surface area contributed by atoms with Gasteiger partial charge in [-0.25, -0.2) is 4.52 Å². The fourth-order valence-corrected chi connectivity index (χ4v) is 4.93. The molecule has 0 radical (unpaired) electrons. The minimum absolute atomic E-state index is 0.551. The van der Waals surface area contributed by atoms with Gasteiger partial charge < -0.3 is 14.8 Å². The second kappa shape index (κ2) is 11.3. The van der Waals surface area contributed by atoms with Gasteiger partial charge in [0.05, 0.1) is 31.6 Å². The van der Waals surface area contributed by atoms with Crippen molar-refractivity contribution in [2.24, 2.45) is 0 Å². The molecule has 10 nitrogen and oxygen atoms in total. The van der Waals surface area contributed by atoms with E-state index in [0.717, 1.165) is 74.3 Å². The number of morpholine rings is 1. The van der Waals surface area contributed by atoms with Gasteiger partial charge >= 0.3 is 0 Å². The summed E-state index contributed by atoms with van der Waals surface area (Å²) in [4.78, 5) is 9.54. The summed E-state index contributed by atoms with van der Waals surface area (Å²) in [6.45, 7) is 9.49. The Morgan fingerprint density at radius 1 is 0.892 bits per heavy atom. The molecule has 0 aliphatic carbocycles. The lowest BCUT2D eigenvalue weighted by molar-refractivity contribution is 0.0360. The first kappa shape index (κ1) is 23.9. The molecule has 0 spiro atoms. The van der Waals surface area contributed by atoms with E-state index in [-0.39, 0.29) is 0 Å². The molecule has 4 aromatic rings. The number of rotatable bonds is 10. The van der Waals surface area contributed by atoms with Crippen molar-refractivity contribution < 1.29 is 9.47 Å². The molecule has 5 heterocycles. The zero-order valence-electron chi connectivity index (χ0n) is 21.1. The molecule has 0 atom stereocenters. The van der Waals surface area contributed by atoms with Crippen LogP contribution in [0.4, 0.5) is 11.6 Å². The van der Waals surface area contributed by atoms with E-state index in [9.17, 15) is 0 Å². The molecular weight excluding hydrogens is 468 g/mol. The number of hydrogen-bond acceptors (Lipinski definition) is 8. The molecule has 1 N–H and O–H groups in total. The Morgan fingerprint density at radius 2 is 1.70 bits per heavy atom. The highest BCUT2D eigenvalue weighted by Gasteiger charge is 2.14. The summed E-state index contributed by atoms with van der Waals surface area (Å²) in [6, 6.07) is 14.0. The van der Waals surface area contributed by atoms with Crippen molar-refractivity contribution in [2.45, 2.75) is 19.4 Å². The zero-order chi connectivity index (χ0) is 24.9. The van der Waals surface area contributed by atoms with Crippen LogP contribution in [0.5, 0.6) is 5.75 Å². The number of benzene rings is 1. The SMILES string of the molecule is c1cc(-c2cnn(CCN3CCOCC3)c2)n2nc(Nc3ccc(OCCN4CCCC4)cc3)nc2c1. The minimum Gasteiger partial charge on any atom is -0.492 e. The average molecular weight is 503 g/mol. The predicted octanol–water partition coefficient (Wildman–Crippen LogP) is 3.14. The van der Waals surface area contributed by atoms with Crippen molar-refractivity contribution >= 4 is 17.3 Å². The van der Waals surface area contributed by atoms with Crippen LogP contribution in [-0.2, 0) is 11.3 Å². The summed E-state index contributed by atoms with van der Waals surface area (Å²) < 4.78 is 15.2. The van der Waals surface area contributed by atoms with Crippen molar-refractivity contribution in [1.29, 1.82) is 0 Å². The Labute approximate surface area is 216 Å². The number of nitrogens with one attached hydrogen (secondary N) is 1. The van der Waals surface area contributed by atoms with Crippen LogP contribution in [-0.4, -0.2) is 93.3 Å². The van der Waals surface area contributed by atoms with E-state index in [1.165, 1.54) is 25.9 Å². The normalized spacial score (nSPS) is 17.0. The third-order valence-corrected chi connectivity index (χ3v) is 7.02. The van der Waals surface area contributed by atoms with Crippen molar-refractivity contribution in [1.82, 2.24) is 34.2 Å². The van der Waals surface area contributed by atoms with Gasteiger partial charge in [0.2, 0.25) is 5.95 Å². The number of fused-ring (bicyclic) bond motifs is 1. The van der Waals surface area contributed by atoms with E-state index >= 15 is 0 Å². The number of hydrogen-bond donors (Lipinski definition) is 1. The van der Waals surface area contributed by atoms with E-state index in [0.29, 0.717) is 12.6 Å². The standard InChI is InChI=1S/C27H34N8O2/c1-2-11-32(10-1)16-19-37-24-8-6-23(7-9-24)29-27-30-26-5-3-4-25(35(26)31-27)22-20-28-34(21-22)13-12-33-14-17-36-18-15-33/h3-9,20-21H,1-2,10-19H2,(H,29,31). The number of likely N-dealkylation sites (tertiary alicyclic amines) is 1. The highest BCUT2D eigenvalue weighted by Crippen LogP contribution is 2.23. The second-order valence-corrected chi connectivity index (χ2v) is 9.61. The van der Waals surface area contributed by atoms with Gasteiger partial charge in [0.1, 0.15) is 12.4 Å². The second-order valence-electron chi connectivity index (χ2n) is 9.61. The summed E-state index contributed by atoms with van der Waals surface area (Å²) in [5.41, 5.74) is 3.67. The monoisotopic (exact) mass is 502 g/mol. The highest BCUT2D eigenvalue weighted by atomic mass is 16.5. The van der Waals surface area contributed by atoms with E-state index in [4.69, 9.17) is 14.6 Å². The minimum atomic E-state index is 0.551. The van der Waals surface area contributed by atoms with Crippen molar-refractivity contribution in [3.63, 3.8) is 0 Å². The Balaban J connectivity index is 1.08. The van der Waals surface area contributed by atoms with Gasteiger partial charge in [0.25, 0.3) is 0 Å². The van der Waals surface area contributed by atoms with Crippen LogP contribution in [0.3, 0.4) is 0 Å². The van der Waals surface area contributed by atoms with E-state index in [2.05, 4.69) is 31.4 Å². The van der Waals surface area contributed by atoms with Crippen LogP contribution >= 0.6 is 0 Å². The van der Waals surface area contributed by atoms with Gasteiger partial charge in [0, 0.05) is 43.6 Å². The lowest BCUT2D eigenvalue weighted by Gasteiger charge is -2.26. The Morgan fingerprint density at radius 3 is 2.54 bits per heavy atom. The molecule has 2 fully saturated rings. The molecule has 0 bridgehead atoms. The topological polar surface area (TPSA) is 85.0 Å². The molecule has 2 aliphatic heterocycles. The summed E-state index contributed by atoms with van der Waals surface area (Å²) in [5, 5.41) is 12.6. The number of ether oxygens (including phenoxy) is 2. The van der Waals surface area contributed by atoms with Gasteiger partial charge in [-0.3, -0.25) is 14.5 Å². The smallest absolute Gasteiger partial charge is 0.247 e. The van der Waals surface area contributed by atoms with Crippen LogP contribution in [0.1, 0.15) is 12.8 Å². The fourth-order valence-electron chi connectivity index (χ4n) is 4.93. The molecule has 0 unspecified atom stereocenters. The third-order valence-electron chi connectivity index (χ3n) is 7.02. The number of anilines is 2. The van der Waals surface area contributed by atoms with E-state index in [1.54, 1.807) is 0 Å². The van der Waals surface area contributed by atoms with Crippen LogP contribution in [0.25, 0.3) is 16.9 Å². The lowest BCUT2D eigenvalue weighted by Crippen LogP contribution is -2.38. The molecule has 10 heteroatoms. The van der Waals surface area contributed by atoms with Crippen LogP contribution < -0.4 is 10.1 Å². The van der Waals surface area contributed by atoms with Gasteiger partial charge in [0.15, 0.2) is 5.65 Å². The molecule has 6 rings (SSSR count). The first-order valence-electron chi connectivity index (χ1n) is 13.2.